The molecule has 1 aromatic heterocycles. The molecule has 2 heterocycles. The predicted octanol–water partition coefficient (Wildman–Crippen LogP) is 2.09. The van der Waals surface area contributed by atoms with Gasteiger partial charge in [0.1, 0.15) is 5.00 Å². The first kappa shape index (κ1) is 20.8. The summed E-state index contributed by atoms with van der Waals surface area (Å²) in [6.07, 6.45) is 1.92. The number of benzene rings is 1. The van der Waals surface area contributed by atoms with Crippen LogP contribution >= 0.6 is 11.3 Å². The largest absolute Gasteiger partial charge is 0.351 e. The van der Waals surface area contributed by atoms with Gasteiger partial charge in [-0.15, -0.1) is 11.3 Å². The molecule has 0 unspecified atom stereocenters. The highest BCUT2D eigenvalue weighted by molar-refractivity contribution is 7.20. The summed E-state index contributed by atoms with van der Waals surface area (Å²) in [6.45, 7) is 1.68. The van der Waals surface area contributed by atoms with Crippen molar-refractivity contribution in [3.05, 3.63) is 41.5 Å². The Balaban J connectivity index is 1.85. The molecule has 1 aliphatic rings. The van der Waals surface area contributed by atoms with Gasteiger partial charge in [0, 0.05) is 37.1 Å². The van der Waals surface area contributed by atoms with Gasteiger partial charge in [-0.3, -0.25) is 14.9 Å². The van der Waals surface area contributed by atoms with Crippen LogP contribution in [0.1, 0.15) is 33.6 Å². The van der Waals surface area contributed by atoms with Gasteiger partial charge in [-0.1, -0.05) is 12.1 Å². The number of nitrogens with one attached hydrogen (secondary N) is 3. The Morgan fingerprint density at radius 2 is 1.93 bits per heavy atom. The molecule has 5 N–H and O–H groups in total. The van der Waals surface area contributed by atoms with Crippen molar-refractivity contribution in [1.29, 1.82) is 0 Å². The van der Waals surface area contributed by atoms with Crippen molar-refractivity contribution in [3.63, 3.8) is 0 Å². The van der Waals surface area contributed by atoms with Gasteiger partial charge in [0.2, 0.25) is 0 Å². The Morgan fingerprint density at radius 1 is 1.21 bits per heavy atom. The van der Waals surface area contributed by atoms with Crippen molar-refractivity contribution in [2.75, 3.05) is 32.5 Å². The molecule has 1 saturated heterocycles. The number of amides is 4. The molecule has 0 bridgehead atoms. The summed E-state index contributed by atoms with van der Waals surface area (Å²) in [5, 5.41) is 9.22. The zero-order chi connectivity index (χ0) is 21.0. The van der Waals surface area contributed by atoms with Crippen LogP contribution in [-0.4, -0.2) is 56.0 Å². The molecule has 4 amide bonds. The molecule has 2 aromatic rings. The third kappa shape index (κ3) is 5.12. The lowest BCUT2D eigenvalue weighted by atomic mass is 10.1. The van der Waals surface area contributed by atoms with Crippen molar-refractivity contribution in [2.24, 2.45) is 5.73 Å². The number of piperidine rings is 1. The second-order valence-electron chi connectivity index (χ2n) is 7.14. The van der Waals surface area contributed by atoms with Gasteiger partial charge >= 0.3 is 6.03 Å². The number of carbonyl (C=O) groups is 3. The molecule has 154 valence electrons. The molecule has 1 aromatic carbocycles. The standard InChI is InChI=1S/C20H25N5O3S/c1-25(2)19(27)13-7-5-12(6-8-13)16-10-15(18(29-16)24-20(21)28)17(26)23-14-4-3-9-22-11-14/h5-8,10,14,22H,3-4,9,11H2,1-2H3,(H,23,26)(H3,21,24,28)/t14-/m0/s1. The second kappa shape index (κ2) is 9.06. The number of anilines is 1. The van der Waals surface area contributed by atoms with Crippen LogP contribution in [0.25, 0.3) is 10.4 Å². The van der Waals surface area contributed by atoms with Crippen LogP contribution in [-0.2, 0) is 0 Å². The average Bonchev–Trinajstić information content (AvgIpc) is 3.11. The Hall–Kier alpha value is -2.91. The van der Waals surface area contributed by atoms with E-state index in [9.17, 15) is 14.4 Å². The fourth-order valence-corrected chi connectivity index (χ4v) is 4.24. The molecule has 0 radical (unpaired) electrons. The van der Waals surface area contributed by atoms with Gasteiger partial charge in [-0.05, 0) is 43.1 Å². The predicted molar refractivity (Wildman–Crippen MR) is 114 cm³/mol. The lowest BCUT2D eigenvalue weighted by Crippen LogP contribution is -2.45. The fraction of sp³-hybridized carbons (Fsp3) is 0.350. The zero-order valence-electron chi connectivity index (χ0n) is 16.5. The van der Waals surface area contributed by atoms with Crippen molar-refractivity contribution >= 4 is 34.2 Å². The third-order valence-corrected chi connectivity index (χ3v) is 5.77. The molecule has 3 rings (SSSR count). The quantitative estimate of drug-likeness (QED) is 0.598. The van der Waals surface area contributed by atoms with Crippen molar-refractivity contribution in [3.8, 4) is 10.4 Å². The monoisotopic (exact) mass is 415 g/mol. The summed E-state index contributed by atoms with van der Waals surface area (Å²) < 4.78 is 0. The van der Waals surface area contributed by atoms with E-state index in [0.717, 1.165) is 36.4 Å². The van der Waals surface area contributed by atoms with Gasteiger partial charge in [0.05, 0.1) is 5.56 Å². The number of hydrogen-bond donors (Lipinski definition) is 4. The molecule has 0 aliphatic carbocycles. The molecule has 29 heavy (non-hydrogen) atoms. The summed E-state index contributed by atoms with van der Waals surface area (Å²) in [4.78, 5) is 38.6. The lowest BCUT2D eigenvalue weighted by Gasteiger charge is -2.23. The molecular weight excluding hydrogens is 390 g/mol. The number of primary amides is 1. The maximum Gasteiger partial charge on any atom is 0.317 e. The highest BCUT2D eigenvalue weighted by atomic mass is 32.1. The van der Waals surface area contributed by atoms with Gasteiger partial charge < -0.3 is 21.3 Å². The van der Waals surface area contributed by atoms with Crippen molar-refractivity contribution < 1.29 is 14.4 Å². The van der Waals surface area contributed by atoms with Crippen LogP contribution in [0.3, 0.4) is 0 Å². The van der Waals surface area contributed by atoms with Gasteiger partial charge in [0.15, 0.2) is 0 Å². The van der Waals surface area contributed by atoms with E-state index < -0.39 is 6.03 Å². The third-order valence-electron chi connectivity index (χ3n) is 4.67. The Labute approximate surface area is 173 Å². The average molecular weight is 416 g/mol. The number of hydrogen-bond acceptors (Lipinski definition) is 5. The zero-order valence-corrected chi connectivity index (χ0v) is 17.3. The minimum absolute atomic E-state index is 0.0531. The van der Waals surface area contributed by atoms with Gasteiger partial charge in [-0.2, -0.15) is 0 Å². The van der Waals surface area contributed by atoms with Crippen molar-refractivity contribution in [1.82, 2.24) is 15.5 Å². The van der Waals surface area contributed by atoms with E-state index in [-0.39, 0.29) is 17.9 Å². The fourth-order valence-electron chi connectivity index (χ4n) is 3.18. The number of rotatable bonds is 5. The van der Waals surface area contributed by atoms with Crippen LogP contribution in [0.2, 0.25) is 0 Å². The summed E-state index contributed by atoms with van der Waals surface area (Å²) in [5.41, 5.74) is 7.08. The van der Waals surface area contributed by atoms with Gasteiger partial charge in [0.25, 0.3) is 11.8 Å². The van der Waals surface area contributed by atoms with E-state index in [1.165, 1.54) is 16.2 Å². The van der Waals surface area contributed by atoms with E-state index in [1.54, 1.807) is 32.3 Å². The Kier molecular flexibility index (Phi) is 6.50. The highest BCUT2D eigenvalue weighted by Gasteiger charge is 2.22. The molecule has 1 fully saturated rings. The normalized spacial score (nSPS) is 16.1. The molecule has 1 atom stereocenters. The highest BCUT2D eigenvalue weighted by Crippen LogP contribution is 2.35. The van der Waals surface area contributed by atoms with Crippen LogP contribution in [0.4, 0.5) is 9.80 Å². The molecule has 1 aliphatic heterocycles. The number of urea groups is 1. The Morgan fingerprint density at radius 3 is 2.52 bits per heavy atom. The van der Waals surface area contributed by atoms with E-state index >= 15 is 0 Å². The molecule has 0 saturated carbocycles. The van der Waals surface area contributed by atoms with E-state index in [2.05, 4.69) is 16.0 Å². The van der Waals surface area contributed by atoms with Crippen LogP contribution < -0.4 is 21.7 Å². The summed E-state index contributed by atoms with van der Waals surface area (Å²) in [7, 11) is 3.40. The van der Waals surface area contributed by atoms with Gasteiger partial charge in [-0.25, -0.2) is 4.79 Å². The molecule has 8 nitrogen and oxygen atoms in total. The smallest absolute Gasteiger partial charge is 0.317 e. The molecule has 0 spiro atoms. The van der Waals surface area contributed by atoms with E-state index in [0.29, 0.717) is 16.1 Å². The summed E-state index contributed by atoms with van der Waals surface area (Å²) >= 11 is 1.27. The van der Waals surface area contributed by atoms with Crippen LogP contribution in [0, 0.1) is 0 Å². The minimum Gasteiger partial charge on any atom is -0.351 e. The SMILES string of the molecule is CN(C)C(=O)c1ccc(-c2cc(C(=O)N[C@H]3CCCNC3)c(NC(N)=O)s2)cc1. The first-order valence-corrected chi connectivity index (χ1v) is 10.2. The maximum atomic E-state index is 12.8. The first-order valence-electron chi connectivity index (χ1n) is 9.39. The number of carbonyl (C=O) groups excluding carboxylic acids is 3. The topological polar surface area (TPSA) is 117 Å². The summed E-state index contributed by atoms with van der Waals surface area (Å²) in [6, 6.07) is 8.20. The molecule has 9 heteroatoms. The van der Waals surface area contributed by atoms with Crippen LogP contribution in [0.5, 0.6) is 0 Å². The molecular formula is C20H25N5O3S. The van der Waals surface area contributed by atoms with E-state index in [1.807, 2.05) is 12.1 Å². The Bertz CT molecular complexity index is 901. The number of nitrogens with zero attached hydrogens (tertiary/aromatic N) is 1. The first-order chi connectivity index (χ1) is 13.8. The second-order valence-corrected chi connectivity index (χ2v) is 8.19. The minimum atomic E-state index is -0.723. The van der Waals surface area contributed by atoms with Crippen LogP contribution in [0.15, 0.2) is 30.3 Å². The van der Waals surface area contributed by atoms with E-state index in [4.69, 9.17) is 5.73 Å². The lowest BCUT2D eigenvalue weighted by molar-refractivity contribution is 0.0827. The van der Waals surface area contributed by atoms with Crippen molar-refractivity contribution in [2.45, 2.75) is 18.9 Å². The summed E-state index contributed by atoms with van der Waals surface area (Å²) in [5.74, 6) is -0.329. The number of nitrogens with two attached hydrogens (primary N) is 1. The number of thiophene rings is 1. The maximum absolute atomic E-state index is 12.8.